The molecule has 0 spiro atoms. The van der Waals surface area contributed by atoms with Crippen LogP contribution in [0.15, 0.2) is 88.2 Å². The van der Waals surface area contributed by atoms with E-state index in [-0.39, 0.29) is 41.2 Å². The number of amides is 3. The van der Waals surface area contributed by atoms with Crippen molar-refractivity contribution in [2.45, 2.75) is 354 Å². The van der Waals surface area contributed by atoms with Gasteiger partial charge < -0.3 is 15.5 Å². The van der Waals surface area contributed by atoms with Crippen LogP contribution in [0, 0.1) is 55.8 Å². The van der Waals surface area contributed by atoms with Crippen molar-refractivity contribution in [3.8, 4) is 12.8 Å². The zero-order valence-corrected chi connectivity index (χ0v) is 68.0. The summed E-state index contributed by atoms with van der Waals surface area (Å²) in [5.41, 5.74) is 9.67. The third-order valence-corrected chi connectivity index (χ3v) is 16.7. The second-order valence-corrected chi connectivity index (χ2v) is 27.2. The fourth-order valence-electron chi connectivity index (χ4n) is 9.64. The third kappa shape index (κ3) is 49.8. The van der Waals surface area contributed by atoms with Crippen LogP contribution >= 0.6 is 0 Å². The predicted octanol–water partition coefficient (Wildman–Crippen LogP) is 24.3. The van der Waals surface area contributed by atoms with Gasteiger partial charge in [0.1, 0.15) is 12.1 Å². The largest absolute Gasteiger partial charge is 0.348 e. The summed E-state index contributed by atoms with van der Waals surface area (Å²) in [7, 11) is 0. The second kappa shape index (κ2) is 64.0. The van der Waals surface area contributed by atoms with Crippen molar-refractivity contribution < 1.29 is 24.0 Å². The first-order valence-corrected chi connectivity index (χ1v) is 37.8. The lowest BCUT2D eigenvalue weighted by molar-refractivity contribution is -0.144. The minimum Gasteiger partial charge on any atom is -0.348 e. The maximum absolute atomic E-state index is 13.6. The number of aliphatic imine (C=N–C) groups is 1. The van der Waals surface area contributed by atoms with Gasteiger partial charge in [-0.2, -0.15) is 0 Å². The number of carbonyl (C=O) groups is 5. The molecule has 10 heteroatoms. The van der Waals surface area contributed by atoms with E-state index in [2.05, 4.69) is 142 Å². The molecule has 10 nitrogen and oxygen atoms in total. The summed E-state index contributed by atoms with van der Waals surface area (Å²) < 4.78 is 0. The number of unbranched alkanes of at least 4 members (excludes halogenated alkanes) is 3. The Morgan fingerprint density at radius 3 is 1.62 bits per heavy atom. The predicted molar refractivity (Wildman–Crippen MR) is 425 cm³/mol. The number of hydrogen-bond donors (Lipinski definition) is 2. The van der Waals surface area contributed by atoms with Gasteiger partial charge in [0, 0.05) is 42.7 Å². The fourth-order valence-corrected chi connectivity index (χ4v) is 9.64. The molecule has 1 aromatic carbocycles. The zero-order chi connectivity index (χ0) is 75.5. The number of pyridine rings is 1. The number of aryl methyl sites for hydroxylation is 2. The highest BCUT2D eigenvalue weighted by Gasteiger charge is 2.42. The van der Waals surface area contributed by atoms with Crippen LogP contribution in [0.1, 0.15) is 350 Å². The molecule has 6 unspecified atom stereocenters. The second-order valence-electron chi connectivity index (χ2n) is 27.2. The molecule has 0 radical (unpaired) electrons. The molecule has 2 fully saturated rings. The number of aromatic nitrogens is 1. The van der Waals surface area contributed by atoms with Crippen molar-refractivity contribution in [1.82, 2.24) is 20.5 Å². The van der Waals surface area contributed by atoms with Crippen LogP contribution in [0.25, 0.3) is 5.57 Å². The van der Waals surface area contributed by atoms with Crippen LogP contribution in [0.3, 0.4) is 0 Å². The Morgan fingerprint density at radius 1 is 0.719 bits per heavy atom. The van der Waals surface area contributed by atoms with E-state index in [1.165, 1.54) is 102 Å². The lowest BCUT2D eigenvalue weighted by Gasteiger charge is -2.35. The lowest BCUT2D eigenvalue weighted by atomic mass is 9.85. The third-order valence-electron chi connectivity index (χ3n) is 16.7. The van der Waals surface area contributed by atoms with Crippen LogP contribution in [0.5, 0.6) is 0 Å². The van der Waals surface area contributed by atoms with Crippen LogP contribution in [-0.2, 0) is 24.0 Å². The Morgan fingerprint density at radius 2 is 1.26 bits per heavy atom. The number of rotatable bonds is 25. The highest BCUT2D eigenvalue weighted by molar-refractivity contribution is 6.21. The van der Waals surface area contributed by atoms with Crippen LogP contribution in [0.2, 0.25) is 0 Å². The summed E-state index contributed by atoms with van der Waals surface area (Å²) in [6, 6.07) is 10.8. The Kier molecular flexibility index (Phi) is 67.6. The van der Waals surface area contributed by atoms with Crippen LogP contribution < -0.4 is 10.6 Å². The first-order chi connectivity index (χ1) is 45.3. The number of allylic oxidation sites excluding steroid dienone is 7. The van der Waals surface area contributed by atoms with Gasteiger partial charge in [-0.1, -0.05) is 270 Å². The van der Waals surface area contributed by atoms with Crippen molar-refractivity contribution in [2.24, 2.45) is 34.1 Å². The van der Waals surface area contributed by atoms with Gasteiger partial charge in [-0.3, -0.25) is 33.9 Å². The summed E-state index contributed by atoms with van der Waals surface area (Å²) in [4.78, 5) is 73.8. The van der Waals surface area contributed by atoms with Crippen molar-refractivity contribution >= 4 is 41.1 Å². The van der Waals surface area contributed by atoms with Crippen LogP contribution in [0.4, 0.5) is 0 Å². The van der Waals surface area contributed by atoms with E-state index in [0.717, 1.165) is 89.6 Å². The smallest absolute Gasteiger partial charge is 0.246 e. The molecule has 1 saturated heterocycles. The quantitative estimate of drug-likeness (QED) is 0.0193. The highest BCUT2D eigenvalue weighted by Crippen LogP contribution is 2.29. The number of Topliss-reactive ketones (excluding diaryl/α,β-unsaturated/α-hetero) is 2. The van der Waals surface area contributed by atoms with E-state index in [4.69, 9.17) is 0 Å². The van der Waals surface area contributed by atoms with E-state index < -0.39 is 17.5 Å². The van der Waals surface area contributed by atoms with Gasteiger partial charge in [0.05, 0.1) is 11.6 Å². The van der Waals surface area contributed by atoms with Gasteiger partial charge in [-0.05, 0) is 163 Å². The molecule has 2 heterocycles. The Hall–Kier alpha value is -5.69. The van der Waals surface area contributed by atoms with E-state index in [1.54, 1.807) is 11.1 Å². The van der Waals surface area contributed by atoms with Gasteiger partial charge in [0.15, 0.2) is 11.6 Å². The number of ketones is 2. The molecule has 1 aliphatic heterocycles. The number of nitrogens with zero attached hydrogens (tertiary/aromatic N) is 3. The molecular formula is C86H153N5O5. The number of terminal acetylenes is 1. The summed E-state index contributed by atoms with van der Waals surface area (Å²) in [5.74, 6) is 1.79. The molecule has 2 aliphatic rings. The molecule has 1 saturated carbocycles. The fraction of sp³-hybridized carbons (Fsp3) is 0.686. The molecule has 1 aromatic heterocycles. The van der Waals surface area contributed by atoms with Crippen molar-refractivity contribution in [3.05, 3.63) is 106 Å². The summed E-state index contributed by atoms with van der Waals surface area (Å²) in [6.45, 7) is 63.7. The normalized spacial score (nSPS) is 15.1. The van der Waals surface area contributed by atoms with Crippen molar-refractivity contribution in [3.63, 3.8) is 0 Å². The number of benzene rings is 1. The van der Waals surface area contributed by atoms with Gasteiger partial charge in [0.25, 0.3) is 0 Å². The van der Waals surface area contributed by atoms with Crippen LogP contribution in [-0.4, -0.2) is 64.0 Å². The Balaban J connectivity index is -0.000000284. The Bertz CT molecular complexity index is 2440. The molecule has 2 aromatic rings. The minimum absolute atomic E-state index is 0.0130. The molecule has 2 N–H and O–H groups in total. The summed E-state index contributed by atoms with van der Waals surface area (Å²) in [5, 5.41) is 6.06. The molecule has 1 aliphatic carbocycles. The van der Waals surface area contributed by atoms with E-state index in [0.29, 0.717) is 30.9 Å². The van der Waals surface area contributed by atoms with E-state index >= 15 is 0 Å². The first-order valence-electron chi connectivity index (χ1n) is 37.8. The molecular weight excluding hydrogens is 1180 g/mol. The number of likely N-dealkylation sites (tertiary alicyclic amines) is 1. The standard InChI is InChI=1S/C30H46N4O3.C18H30O2.C8H18.C7H9N.2C6H12.C4H10.C3H8.C2H6.C2H2/c1-9-11-14-26(35)33-27(30(6,7)8)29(37)34-19-12-13-25(34)28(36)32-22(5)24-17-15-23(16-18-24)20(3)21(4)31-10-2;1-8-12(4)11-16(10-3)14(6)17(15(7)19)18(20)13(5)9-2;1-4-6-7-8(3)5-2;1-6-3-4-7(2)8-5-6;1-6-4-2-3-5-6;1-4-5-6(2)3;1-3-4-2;1-3-2;2*1-2/h10,15-18,22,25,27H,9,11-14,19H2,1-8H3,(H,32,36)(H,33,35);11-13H,8-10H2,1-7H3;8H,4-7H2,1-3H3;3-5H,1-2H3;6H,2-5H2,1H3;2,4-5H2,1,3H3;3-4H2,1-2H3;3H2,1-2H3;1-2H3;1-2H/b21-20+,31-10?;16-11+,17-14-;;;;;;;;. The molecule has 3 amide bonds. The molecule has 4 rings (SSSR count). The minimum atomic E-state index is -0.674. The summed E-state index contributed by atoms with van der Waals surface area (Å²) in [6.07, 6.45) is 37.8. The average Bonchev–Trinajstić information content (AvgIpc) is 1.68. The zero-order valence-electron chi connectivity index (χ0n) is 68.0. The van der Waals surface area contributed by atoms with E-state index in [9.17, 15) is 24.0 Å². The molecule has 552 valence electrons. The average molecular weight is 1340 g/mol. The number of hydrogen-bond acceptors (Lipinski definition) is 7. The van der Waals surface area contributed by atoms with Gasteiger partial charge in [0.2, 0.25) is 17.7 Å². The van der Waals surface area contributed by atoms with Gasteiger partial charge >= 0.3 is 0 Å². The van der Waals surface area contributed by atoms with Crippen molar-refractivity contribution in [1.29, 1.82) is 0 Å². The number of carbonyl (C=O) groups excluding carboxylic acids is 5. The van der Waals surface area contributed by atoms with Crippen molar-refractivity contribution in [2.75, 3.05) is 6.54 Å². The molecule has 0 bridgehead atoms. The first kappa shape index (κ1) is 101. The lowest BCUT2D eigenvalue weighted by Crippen LogP contribution is -2.57. The maximum atomic E-state index is 13.6. The molecule has 96 heavy (non-hydrogen) atoms. The highest BCUT2D eigenvalue weighted by atomic mass is 16.2. The van der Waals surface area contributed by atoms with Gasteiger partial charge in [-0.25, -0.2) is 0 Å². The monoisotopic (exact) mass is 1340 g/mol. The molecule has 6 atom stereocenters. The van der Waals surface area contributed by atoms with Gasteiger partial charge in [-0.15, -0.1) is 19.4 Å². The topological polar surface area (TPSA) is 138 Å². The Labute approximate surface area is 595 Å². The SMILES string of the molecule is C#C.C=C(C)CCC.CC.CC1CCCC1.CC=N/C(C)=C(\C)c1ccc(C(C)NC(=O)C2CCCN2C(=O)C(NC(=O)CCCC)C(C)(C)C)cc1.CCC.CCC(=C\C(C)CC)/C(C)=C(/C(C)=O)C(=O)C(C)CC.CCCC.CCCCC(C)CC.Cc1ccc(C)nc1. The summed E-state index contributed by atoms with van der Waals surface area (Å²) >= 11 is 0. The number of nitrogens with one attached hydrogen (secondary N) is 2. The maximum Gasteiger partial charge on any atom is 0.246 e. The van der Waals surface area contributed by atoms with E-state index in [1.807, 2.05) is 140 Å².